The van der Waals surface area contributed by atoms with Gasteiger partial charge in [-0.1, -0.05) is 43.3 Å². The Morgan fingerprint density at radius 1 is 0.862 bits per heavy atom. The Labute approximate surface area is 174 Å². The molecular weight excluding hydrogens is 392 g/mol. The van der Waals surface area contributed by atoms with Gasteiger partial charge in [0.1, 0.15) is 18.0 Å². The Kier molecular flexibility index (Phi) is 7.56. The predicted octanol–water partition coefficient (Wildman–Crippen LogP) is 1.23. The lowest BCUT2D eigenvalue weighted by Crippen LogP contribution is -2.55. The van der Waals surface area contributed by atoms with E-state index < -0.39 is 29.0 Å². The first kappa shape index (κ1) is 22.1. The Morgan fingerprint density at radius 3 is 2.14 bits per heavy atom. The van der Waals surface area contributed by atoms with Crippen LogP contribution in [-0.4, -0.2) is 61.1 Å². The number of aliphatic hydroxyl groups excluding tert-OH is 5. The molecule has 1 aliphatic rings. The molecule has 6 nitrogen and oxygen atoms in total. The maximum Gasteiger partial charge on any atom is 0.173 e. The van der Waals surface area contributed by atoms with Crippen molar-refractivity contribution < 1.29 is 30.3 Å². The van der Waals surface area contributed by atoms with Gasteiger partial charge in [-0.25, -0.2) is 0 Å². The summed E-state index contributed by atoms with van der Waals surface area (Å²) in [6.07, 6.45) is -2.39. The van der Waals surface area contributed by atoms with E-state index in [1.165, 1.54) is 5.56 Å². The summed E-state index contributed by atoms with van der Waals surface area (Å²) in [6.45, 7) is 1.61. The lowest BCUT2D eigenvalue weighted by molar-refractivity contribution is -0.0910. The van der Waals surface area contributed by atoms with E-state index in [1.807, 2.05) is 12.1 Å². The van der Waals surface area contributed by atoms with Gasteiger partial charge in [-0.05, 0) is 34.7 Å². The number of aryl methyl sites for hydroxylation is 1. The van der Waals surface area contributed by atoms with Crippen LogP contribution in [0.2, 0.25) is 0 Å². The van der Waals surface area contributed by atoms with E-state index in [-0.39, 0.29) is 13.2 Å². The topological polar surface area (TPSA) is 110 Å². The Morgan fingerprint density at radius 2 is 1.52 bits per heavy atom. The average molecular weight is 421 g/mol. The third kappa shape index (κ3) is 5.12. The van der Waals surface area contributed by atoms with Crippen molar-refractivity contribution in [2.45, 2.75) is 55.4 Å². The minimum absolute atomic E-state index is 0.150. The van der Waals surface area contributed by atoms with Crippen LogP contribution in [0.1, 0.15) is 29.2 Å². The molecule has 0 radical (unpaired) electrons. The van der Waals surface area contributed by atoms with Crippen LogP contribution in [0.4, 0.5) is 0 Å². The monoisotopic (exact) mass is 420 g/mol. The zero-order valence-corrected chi connectivity index (χ0v) is 17.1. The lowest BCUT2D eigenvalue weighted by Gasteiger charge is -2.39. The van der Waals surface area contributed by atoms with Crippen molar-refractivity contribution in [1.29, 1.82) is 0 Å². The number of ether oxygens (including phenoxy) is 1. The summed E-state index contributed by atoms with van der Waals surface area (Å²) in [7, 11) is 0. The zero-order chi connectivity index (χ0) is 21.0. The molecule has 0 bridgehead atoms. The van der Waals surface area contributed by atoms with Crippen LogP contribution in [0.3, 0.4) is 0 Å². The van der Waals surface area contributed by atoms with Gasteiger partial charge in [0, 0.05) is 6.42 Å². The SMILES string of the molecule is CCc1ccc(Cc2ccc(CO)cc2OC2SC(CO)C(O)C(O)C2O)cc1. The molecule has 3 rings (SSSR count). The average Bonchev–Trinajstić information content (AvgIpc) is 2.75. The van der Waals surface area contributed by atoms with Crippen LogP contribution in [0.15, 0.2) is 42.5 Å². The molecule has 2 aromatic rings. The van der Waals surface area contributed by atoms with E-state index in [1.54, 1.807) is 6.07 Å². The van der Waals surface area contributed by atoms with Gasteiger partial charge in [0.15, 0.2) is 5.44 Å². The molecule has 7 heteroatoms. The molecule has 0 spiro atoms. The summed E-state index contributed by atoms with van der Waals surface area (Å²) in [5.74, 6) is 0.493. The number of hydrogen-bond donors (Lipinski definition) is 5. The number of hydrogen-bond acceptors (Lipinski definition) is 7. The first-order valence-electron chi connectivity index (χ1n) is 9.74. The second kappa shape index (κ2) is 9.93. The highest BCUT2D eigenvalue weighted by molar-refractivity contribution is 8.00. The summed E-state index contributed by atoms with van der Waals surface area (Å²) >= 11 is 1.08. The molecule has 1 aliphatic heterocycles. The number of rotatable bonds is 7. The highest BCUT2D eigenvalue weighted by Crippen LogP contribution is 2.36. The Balaban J connectivity index is 1.84. The molecule has 1 saturated heterocycles. The van der Waals surface area contributed by atoms with E-state index in [2.05, 4.69) is 31.2 Å². The van der Waals surface area contributed by atoms with E-state index in [9.17, 15) is 25.5 Å². The molecule has 1 fully saturated rings. The van der Waals surface area contributed by atoms with E-state index >= 15 is 0 Å². The van der Waals surface area contributed by atoms with Crippen LogP contribution in [0, 0.1) is 0 Å². The highest BCUT2D eigenvalue weighted by Gasteiger charge is 2.44. The quantitative estimate of drug-likeness (QED) is 0.458. The normalized spacial score (nSPS) is 27.0. The van der Waals surface area contributed by atoms with Crippen LogP contribution in [-0.2, 0) is 19.4 Å². The molecule has 0 amide bonds. The molecule has 1 heterocycles. The van der Waals surface area contributed by atoms with E-state index in [0.717, 1.165) is 29.3 Å². The maximum atomic E-state index is 10.4. The molecular formula is C22H28O6S. The number of thioether (sulfide) groups is 1. The minimum Gasteiger partial charge on any atom is -0.477 e. The summed E-state index contributed by atoms with van der Waals surface area (Å²) < 4.78 is 6.03. The molecule has 2 aromatic carbocycles. The zero-order valence-electron chi connectivity index (χ0n) is 16.3. The van der Waals surface area contributed by atoms with Gasteiger partial charge >= 0.3 is 0 Å². The first-order valence-corrected chi connectivity index (χ1v) is 10.7. The largest absolute Gasteiger partial charge is 0.477 e. The van der Waals surface area contributed by atoms with Crippen LogP contribution in [0.5, 0.6) is 5.75 Å². The van der Waals surface area contributed by atoms with Crippen molar-refractivity contribution in [3.63, 3.8) is 0 Å². The van der Waals surface area contributed by atoms with Crippen molar-refractivity contribution >= 4 is 11.8 Å². The predicted molar refractivity (Wildman–Crippen MR) is 112 cm³/mol. The van der Waals surface area contributed by atoms with Crippen LogP contribution >= 0.6 is 11.8 Å². The van der Waals surface area contributed by atoms with Gasteiger partial charge in [0.2, 0.25) is 0 Å². The molecule has 5 N–H and O–H groups in total. The lowest BCUT2D eigenvalue weighted by atomic mass is 10.0. The van der Waals surface area contributed by atoms with Crippen molar-refractivity contribution in [3.8, 4) is 5.75 Å². The standard InChI is InChI=1S/C22H28O6S/c1-2-13-3-5-14(6-4-13)9-16-8-7-15(11-23)10-17(16)28-22-21(27)20(26)19(25)18(12-24)29-22/h3-8,10,18-27H,2,9,11-12H2,1H3. The molecule has 29 heavy (non-hydrogen) atoms. The maximum absolute atomic E-state index is 10.4. The van der Waals surface area contributed by atoms with Crippen LogP contribution in [0.25, 0.3) is 0 Å². The third-order valence-corrected chi connectivity index (χ3v) is 6.65. The van der Waals surface area contributed by atoms with E-state index in [4.69, 9.17) is 4.74 Å². The number of aliphatic hydroxyl groups is 5. The highest BCUT2D eigenvalue weighted by atomic mass is 32.2. The van der Waals surface area contributed by atoms with E-state index in [0.29, 0.717) is 17.7 Å². The number of benzene rings is 2. The summed E-state index contributed by atoms with van der Waals surface area (Å²) in [5, 5.41) is 48.8. The minimum atomic E-state index is -1.41. The fraction of sp³-hybridized carbons (Fsp3) is 0.455. The van der Waals surface area contributed by atoms with Gasteiger partial charge in [0.05, 0.1) is 24.6 Å². The smallest absolute Gasteiger partial charge is 0.173 e. The molecule has 5 unspecified atom stereocenters. The van der Waals surface area contributed by atoms with Crippen molar-refractivity contribution in [3.05, 3.63) is 64.7 Å². The summed E-state index contributed by atoms with van der Waals surface area (Å²) in [5.41, 5.74) is 3.04. The summed E-state index contributed by atoms with van der Waals surface area (Å²) in [6, 6.07) is 13.7. The van der Waals surface area contributed by atoms with Gasteiger partial charge in [-0.2, -0.15) is 0 Å². The fourth-order valence-electron chi connectivity index (χ4n) is 3.36. The van der Waals surface area contributed by atoms with Gasteiger partial charge in [-0.15, -0.1) is 11.8 Å². The molecule has 158 valence electrons. The Hall–Kier alpha value is -1.61. The third-order valence-electron chi connectivity index (χ3n) is 5.23. The second-order valence-electron chi connectivity index (χ2n) is 7.26. The molecule has 5 atom stereocenters. The van der Waals surface area contributed by atoms with Gasteiger partial charge in [-0.3, -0.25) is 0 Å². The fourth-order valence-corrected chi connectivity index (χ4v) is 4.59. The van der Waals surface area contributed by atoms with Crippen molar-refractivity contribution in [2.24, 2.45) is 0 Å². The first-order chi connectivity index (χ1) is 14.0. The molecule has 0 aromatic heterocycles. The molecule has 0 saturated carbocycles. The van der Waals surface area contributed by atoms with Crippen molar-refractivity contribution in [2.75, 3.05) is 6.61 Å². The second-order valence-corrected chi connectivity index (χ2v) is 8.60. The summed E-state index contributed by atoms with van der Waals surface area (Å²) in [4.78, 5) is 0. The van der Waals surface area contributed by atoms with Gasteiger partial charge in [0.25, 0.3) is 0 Å². The van der Waals surface area contributed by atoms with Crippen LogP contribution < -0.4 is 4.74 Å². The molecule has 0 aliphatic carbocycles. The van der Waals surface area contributed by atoms with Crippen molar-refractivity contribution in [1.82, 2.24) is 0 Å². The van der Waals surface area contributed by atoms with Gasteiger partial charge < -0.3 is 30.3 Å². The Bertz CT molecular complexity index is 794.